The molecule has 62 valence electrons. The fraction of sp³-hybridized carbons (Fsp3) is 1.00. The zero-order chi connectivity index (χ0) is 7.42. The quantitative estimate of drug-likeness (QED) is 0.561. The molecule has 3 aliphatic rings. The molecule has 0 aromatic rings. The molecule has 11 heavy (non-hydrogen) atoms. The molecule has 3 bridgehead atoms. The van der Waals surface area contributed by atoms with Crippen molar-refractivity contribution in [3.05, 3.63) is 0 Å². The van der Waals surface area contributed by atoms with E-state index < -0.39 is 0 Å². The third-order valence-electron chi connectivity index (χ3n) is 4.31. The van der Waals surface area contributed by atoms with E-state index in [1.807, 2.05) is 0 Å². The molecule has 3 saturated carbocycles. The van der Waals surface area contributed by atoms with Gasteiger partial charge in [0.2, 0.25) is 0 Å². The summed E-state index contributed by atoms with van der Waals surface area (Å²) in [6, 6.07) is 0.575. The number of hydrogen-bond donors (Lipinski definition) is 1. The molecule has 0 heterocycles. The van der Waals surface area contributed by atoms with Crippen molar-refractivity contribution in [1.29, 1.82) is 0 Å². The van der Waals surface area contributed by atoms with Crippen LogP contribution < -0.4 is 5.73 Å². The maximum absolute atomic E-state index is 6.14. The highest BCUT2D eigenvalue weighted by atomic mass is 14.7. The van der Waals surface area contributed by atoms with Crippen LogP contribution in [0.25, 0.3) is 0 Å². The lowest BCUT2D eigenvalue weighted by Gasteiger charge is -2.37. The second-order valence-electron chi connectivity index (χ2n) is 5.00. The van der Waals surface area contributed by atoms with Gasteiger partial charge in [0.25, 0.3) is 0 Å². The standard InChI is InChI=1S/C10H17N/c11-10-5-7-1-6-2-8(3-7)9(10)4-6/h6-10H,1-5,11H2/t6-,7-,8-,9+,10+/m0/s1. The van der Waals surface area contributed by atoms with Crippen LogP contribution in [0.3, 0.4) is 0 Å². The third kappa shape index (κ3) is 0.807. The van der Waals surface area contributed by atoms with Gasteiger partial charge in [-0.15, -0.1) is 0 Å². The second-order valence-corrected chi connectivity index (χ2v) is 5.00. The maximum Gasteiger partial charge on any atom is 0.00725 e. The van der Waals surface area contributed by atoms with E-state index in [1.165, 1.54) is 32.1 Å². The van der Waals surface area contributed by atoms with Crippen LogP contribution in [0.2, 0.25) is 0 Å². The van der Waals surface area contributed by atoms with E-state index in [0.717, 1.165) is 23.7 Å². The van der Waals surface area contributed by atoms with Gasteiger partial charge < -0.3 is 5.73 Å². The highest BCUT2D eigenvalue weighted by Crippen LogP contribution is 2.54. The van der Waals surface area contributed by atoms with Gasteiger partial charge in [0.1, 0.15) is 0 Å². The van der Waals surface area contributed by atoms with Crippen LogP contribution in [0.15, 0.2) is 0 Å². The van der Waals surface area contributed by atoms with Crippen LogP contribution >= 0.6 is 0 Å². The van der Waals surface area contributed by atoms with Gasteiger partial charge in [0.05, 0.1) is 0 Å². The molecule has 0 aromatic heterocycles. The molecule has 3 aliphatic carbocycles. The SMILES string of the molecule is N[C@@H]1C[C@H]2C[C@H]3C[C@@H](C2)[C@H]1C3. The fourth-order valence-corrected chi connectivity index (χ4v) is 4.01. The zero-order valence-corrected chi connectivity index (χ0v) is 7.00. The van der Waals surface area contributed by atoms with Gasteiger partial charge in [-0.2, -0.15) is 0 Å². The summed E-state index contributed by atoms with van der Waals surface area (Å²) in [5.41, 5.74) is 6.14. The molecule has 0 unspecified atom stereocenters. The largest absolute Gasteiger partial charge is 0.327 e. The molecule has 0 radical (unpaired) electrons. The minimum absolute atomic E-state index is 0.575. The molecule has 0 aromatic carbocycles. The molecule has 1 nitrogen and oxygen atoms in total. The number of nitrogens with two attached hydrogens (primary N) is 1. The summed E-state index contributed by atoms with van der Waals surface area (Å²) in [7, 11) is 0. The monoisotopic (exact) mass is 151 g/mol. The molecule has 0 aliphatic heterocycles. The Labute approximate surface area is 68.3 Å². The predicted molar refractivity (Wildman–Crippen MR) is 45.0 cm³/mol. The van der Waals surface area contributed by atoms with E-state index in [1.54, 1.807) is 0 Å². The average molecular weight is 151 g/mol. The Morgan fingerprint density at radius 1 is 0.818 bits per heavy atom. The van der Waals surface area contributed by atoms with Gasteiger partial charge in [-0.05, 0) is 55.8 Å². The predicted octanol–water partition coefficient (Wildman–Crippen LogP) is 1.77. The molecule has 3 fully saturated rings. The smallest absolute Gasteiger partial charge is 0.00725 e. The summed E-state index contributed by atoms with van der Waals surface area (Å²) in [6.07, 6.45) is 7.38. The van der Waals surface area contributed by atoms with Crippen molar-refractivity contribution in [2.75, 3.05) is 0 Å². The van der Waals surface area contributed by atoms with E-state index in [0.29, 0.717) is 6.04 Å². The summed E-state index contributed by atoms with van der Waals surface area (Å²) in [4.78, 5) is 0. The van der Waals surface area contributed by atoms with Crippen molar-refractivity contribution < 1.29 is 0 Å². The Kier molecular flexibility index (Phi) is 1.18. The molecular weight excluding hydrogens is 134 g/mol. The first-order valence-corrected chi connectivity index (χ1v) is 5.08. The lowest BCUT2D eigenvalue weighted by atomic mass is 9.70. The summed E-state index contributed by atoms with van der Waals surface area (Å²) in [5, 5.41) is 0. The van der Waals surface area contributed by atoms with E-state index in [2.05, 4.69) is 0 Å². The number of fused-ring (bicyclic) bond motifs is 2. The van der Waals surface area contributed by atoms with Gasteiger partial charge in [-0.3, -0.25) is 0 Å². The molecule has 3 rings (SSSR count). The van der Waals surface area contributed by atoms with E-state index in [4.69, 9.17) is 5.73 Å². The van der Waals surface area contributed by atoms with Crippen molar-refractivity contribution in [2.45, 2.75) is 38.1 Å². The Hall–Kier alpha value is -0.0400. The highest BCUT2D eigenvalue weighted by Gasteiger charge is 2.47. The molecular formula is C10H17N. The summed E-state index contributed by atoms with van der Waals surface area (Å²) in [5.74, 6) is 4.08. The Bertz CT molecular complexity index is 173. The maximum atomic E-state index is 6.14. The number of hydrogen-bond acceptors (Lipinski definition) is 1. The molecule has 0 spiro atoms. The Morgan fingerprint density at radius 3 is 2.36 bits per heavy atom. The van der Waals surface area contributed by atoms with Gasteiger partial charge in [-0.1, -0.05) is 0 Å². The molecule has 0 amide bonds. The first-order chi connectivity index (χ1) is 5.33. The highest BCUT2D eigenvalue weighted by molar-refractivity contribution is 5.00. The van der Waals surface area contributed by atoms with E-state index in [9.17, 15) is 0 Å². The van der Waals surface area contributed by atoms with Crippen molar-refractivity contribution in [1.82, 2.24) is 0 Å². The Morgan fingerprint density at radius 2 is 1.55 bits per heavy atom. The van der Waals surface area contributed by atoms with E-state index in [-0.39, 0.29) is 0 Å². The van der Waals surface area contributed by atoms with Crippen LogP contribution in [0.4, 0.5) is 0 Å². The van der Waals surface area contributed by atoms with E-state index >= 15 is 0 Å². The lowest BCUT2D eigenvalue weighted by Crippen LogP contribution is -2.39. The minimum Gasteiger partial charge on any atom is -0.327 e. The van der Waals surface area contributed by atoms with Crippen molar-refractivity contribution in [2.24, 2.45) is 29.4 Å². The zero-order valence-electron chi connectivity index (χ0n) is 7.00. The molecule has 2 N–H and O–H groups in total. The van der Waals surface area contributed by atoms with Crippen LogP contribution in [0, 0.1) is 23.7 Å². The van der Waals surface area contributed by atoms with Crippen molar-refractivity contribution in [3.63, 3.8) is 0 Å². The topological polar surface area (TPSA) is 26.0 Å². The van der Waals surface area contributed by atoms with Crippen LogP contribution in [-0.2, 0) is 0 Å². The van der Waals surface area contributed by atoms with Crippen LogP contribution in [-0.4, -0.2) is 6.04 Å². The normalized spacial score (nSPS) is 60.3. The fourth-order valence-electron chi connectivity index (χ4n) is 4.01. The Balaban J connectivity index is 1.94. The lowest BCUT2D eigenvalue weighted by molar-refractivity contribution is 0.156. The van der Waals surface area contributed by atoms with Crippen molar-refractivity contribution in [3.8, 4) is 0 Å². The molecule has 0 saturated heterocycles. The minimum atomic E-state index is 0.575. The first kappa shape index (κ1) is 6.47. The first-order valence-electron chi connectivity index (χ1n) is 5.08. The average Bonchev–Trinajstić information content (AvgIpc) is 2.19. The third-order valence-corrected chi connectivity index (χ3v) is 4.31. The van der Waals surface area contributed by atoms with Crippen LogP contribution in [0.1, 0.15) is 32.1 Å². The van der Waals surface area contributed by atoms with Crippen molar-refractivity contribution >= 4 is 0 Å². The van der Waals surface area contributed by atoms with Gasteiger partial charge in [-0.25, -0.2) is 0 Å². The summed E-state index contributed by atoms with van der Waals surface area (Å²) < 4.78 is 0. The summed E-state index contributed by atoms with van der Waals surface area (Å²) in [6.45, 7) is 0. The molecule has 1 heteroatoms. The van der Waals surface area contributed by atoms with Crippen LogP contribution in [0.5, 0.6) is 0 Å². The van der Waals surface area contributed by atoms with Gasteiger partial charge >= 0.3 is 0 Å². The second kappa shape index (κ2) is 2.01. The van der Waals surface area contributed by atoms with Gasteiger partial charge in [0, 0.05) is 6.04 Å². The molecule has 5 atom stereocenters. The van der Waals surface area contributed by atoms with Gasteiger partial charge in [0.15, 0.2) is 0 Å². The summed E-state index contributed by atoms with van der Waals surface area (Å²) >= 11 is 0. The number of rotatable bonds is 0.